The number of nitrogens with one attached hydrogen (secondary N) is 2. The van der Waals surface area contributed by atoms with E-state index in [9.17, 15) is 0 Å². The zero-order valence-electron chi connectivity index (χ0n) is 9.24. The summed E-state index contributed by atoms with van der Waals surface area (Å²) < 4.78 is 0. The van der Waals surface area contributed by atoms with Gasteiger partial charge in [0.1, 0.15) is 0 Å². The molecule has 1 aromatic carbocycles. The number of fused-ring (bicyclic) bond motifs is 1. The van der Waals surface area contributed by atoms with Crippen molar-refractivity contribution in [2.45, 2.75) is 25.3 Å². The summed E-state index contributed by atoms with van der Waals surface area (Å²) in [6.07, 6.45) is 7.61. The van der Waals surface area contributed by atoms with Crippen LogP contribution in [0, 0.1) is 12.5 Å². The van der Waals surface area contributed by atoms with Gasteiger partial charge in [-0.3, -0.25) is 0 Å². The zero-order valence-corrected chi connectivity index (χ0v) is 9.24. The molecule has 0 saturated heterocycles. The Morgan fingerprint density at radius 1 is 1.25 bits per heavy atom. The number of allylic oxidation sites excluding steroid dienone is 1. The Balaban J connectivity index is 1.75. The van der Waals surface area contributed by atoms with Crippen molar-refractivity contribution < 1.29 is 0 Å². The molecule has 0 aliphatic carbocycles. The molecule has 2 aliphatic heterocycles. The van der Waals surface area contributed by atoms with Crippen molar-refractivity contribution in [3.05, 3.63) is 48.6 Å². The van der Waals surface area contributed by atoms with E-state index >= 15 is 0 Å². The standard InChI is InChI=1S/C14H16N2/c1-2-6-13-11(4-1)7-8-14(16-13)12-5-3-9-15-10-12/h1-4,6,9,12,14-16H,5,7-8H2. The summed E-state index contributed by atoms with van der Waals surface area (Å²) in [5, 5.41) is 6.72. The van der Waals surface area contributed by atoms with Crippen molar-refractivity contribution in [1.82, 2.24) is 5.32 Å². The van der Waals surface area contributed by atoms with Gasteiger partial charge in [0.15, 0.2) is 0 Å². The molecule has 0 amide bonds. The van der Waals surface area contributed by atoms with Crippen molar-refractivity contribution >= 4 is 5.69 Å². The summed E-state index contributed by atoms with van der Waals surface area (Å²) in [6, 6.07) is 9.12. The van der Waals surface area contributed by atoms with Crippen LogP contribution in [0.1, 0.15) is 18.4 Å². The lowest BCUT2D eigenvalue weighted by atomic mass is 9.86. The number of benzene rings is 1. The number of para-hydroxylation sites is 1. The number of anilines is 1. The van der Waals surface area contributed by atoms with Crippen LogP contribution in [0.15, 0.2) is 36.5 Å². The summed E-state index contributed by atoms with van der Waals surface area (Å²) >= 11 is 0. The van der Waals surface area contributed by atoms with Crippen LogP contribution in [0.5, 0.6) is 0 Å². The third-order valence-electron chi connectivity index (χ3n) is 3.43. The third kappa shape index (κ3) is 1.80. The van der Waals surface area contributed by atoms with E-state index in [1.165, 1.54) is 24.1 Å². The van der Waals surface area contributed by atoms with Gasteiger partial charge in [0.25, 0.3) is 0 Å². The summed E-state index contributed by atoms with van der Waals surface area (Å²) in [5.74, 6) is 0.485. The molecule has 2 heterocycles. The molecular formula is C14H16N2. The Kier molecular flexibility index (Phi) is 2.56. The van der Waals surface area contributed by atoms with Crippen LogP contribution in [0.4, 0.5) is 5.69 Å². The highest BCUT2D eigenvalue weighted by Crippen LogP contribution is 2.30. The number of hydrogen-bond acceptors (Lipinski definition) is 2. The molecule has 2 nitrogen and oxygen atoms in total. The largest absolute Gasteiger partial charge is 0.382 e. The smallest absolute Gasteiger partial charge is 0.0934 e. The van der Waals surface area contributed by atoms with Crippen LogP contribution in [-0.4, -0.2) is 6.04 Å². The van der Waals surface area contributed by atoms with Gasteiger partial charge in [-0.1, -0.05) is 24.3 Å². The molecule has 0 saturated carbocycles. The van der Waals surface area contributed by atoms with Crippen molar-refractivity contribution in [2.24, 2.45) is 5.92 Å². The minimum atomic E-state index is 0.485. The molecule has 1 aromatic rings. The predicted molar refractivity (Wildman–Crippen MR) is 65.8 cm³/mol. The minimum Gasteiger partial charge on any atom is -0.382 e. The van der Waals surface area contributed by atoms with Gasteiger partial charge in [-0.15, -0.1) is 0 Å². The molecule has 2 atom stereocenters. The van der Waals surface area contributed by atoms with E-state index in [-0.39, 0.29) is 0 Å². The summed E-state index contributed by atoms with van der Waals surface area (Å²) in [6.45, 7) is 3.32. The monoisotopic (exact) mass is 212 g/mol. The quantitative estimate of drug-likeness (QED) is 0.747. The van der Waals surface area contributed by atoms with E-state index in [1.54, 1.807) is 0 Å². The molecule has 3 rings (SSSR count). The van der Waals surface area contributed by atoms with E-state index in [4.69, 9.17) is 0 Å². The first-order valence-corrected chi connectivity index (χ1v) is 5.94. The van der Waals surface area contributed by atoms with E-state index in [2.05, 4.69) is 47.5 Å². The second-order valence-corrected chi connectivity index (χ2v) is 4.48. The van der Waals surface area contributed by atoms with Gasteiger partial charge in [0.05, 0.1) is 6.54 Å². The molecule has 2 N–H and O–H groups in total. The SMILES string of the molecule is [C]1NC=CCC1C1CCc2ccccc2N1. The van der Waals surface area contributed by atoms with E-state index in [1.807, 2.05) is 6.20 Å². The summed E-state index contributed by atoms with van der Waals surface area (Å²) in [7, 11) is 0. The van der Waals surface area contributed by atoms with Gasteiger partial charge in [0.2, 0.25) is 0 Å². The van der Waals surface area contributed by atoms with E-state index in [0.29, 0.717) is 12.0 Å². The van der Waals surface area contributed by atoms with Gasteiger partial charge >= 0.3 is 0 Å². The predicted octanol–water partition coefficient (Wildman–Crippen LogP) is 2.58. The minimum absolute atomic E-state index is 0.485. The van der Waals surface area contributed by atoms with Crippen LogP contribution in [0.25, 0.3) is 0 Å². The first-order chi connectivity index (χ1) is 7.93. The second kappa shape index (κ2) is 4.20. The zero-order chi connectivity index (χ0) is 10.8. The highest BCUT2D eigenvalue weighted by molar-refractivity contribution is 5.54. The maximum absolute atomic E-state index is 3.63. The molecule has 0 spiro atoms. The molecule has 2 radical (unpaired) electrons. The number of aryl methyl sites for hydroxylation is 1. The molecule has 0 aromatic heterocycles. The summed E-state index contributed by atoms with van der Waals surface area (Å²) in [5.41, 5.74) is 2.74. The molecule has 82 valence electrons. The van der Waals surface area contributed by atoms with Crippen molar-refractivity contribution in [1.29, 1.82) is 0 Å². The number of rotatable bonds is 1. The Morgan fingerprint density at radius 3 is 3.06 bits per heavy atom. The Hall–Kier alpha value is -1.44. The lowest BCUT2D eigenvalue weighted by molar-refractivity contribution is 0.444. The fourth-order valence-corrected chi connectivity index (χ4v) is 2.52. The van der Waals surface area contributed by atoms with E-state index in [0.717, 1.165) is 6.42 Å². The normalized spacial score (nSPS) is 27.8. The summed E-state index contributed by atoms with van der Waals surface area (Å²) in [4.78, 5) is 0. The average Bonchev–Trinajstić information content (AvgIpc) is 2.39. The van der Waals surface area contributed by atoms with Crippen molar-refractivity contribution in [3.63, 3.8) is 0 Å². The lowest BCUT2D eigenvalue weighted by Crippen LogP contribution is -2.36. The topological polar surface area (TPSA) is 24.1 Å². The number of hydrogen-bond donors (Lipinski definition) is 2. The van der Waals surface area contributed by atoms with Crippen molar-refractivity contribution in [2.75, 3.05) is 5.32 Å². The van der Waals surface area contributed by atoms with E-state index < -0.39 is 0 Å². The van der Waals surface area contributed by atoms with Gasteiger partial charge in [0, 0.05) is 17.6 Å². The first-order valence-electron chi connectivity index (χ1n) is 5.94. The third-order valence-corrected chi connectivity index (χ3v) is 3.43. The van der Waals surface area contributed by atoms with Gasteiger partial charge in [-0.05, 0) is 37.1 Å². The molecule has 16 heavy (non-hydrogen) atoms. The molecule has 2 heteroatoms. The highest BCUT2D eigenvalue weighted by atomic mass is 15.0. The van der Waals surface area contributed by atoms with Crippen molar-refractivity contribution in [3.8, 4) is 0 Å². The Labute approximate surface area is 96.7 Å². The Bertz CT molecular complexity index is 397. The highest BCUT2D eigenvalue weighted by Gasteiger charge is 2.26. The maximum Gasteiger partial charge on any atom is 0.0934 e. The lowest BCUT2D eigenvalue weighted by Gasteiger charge is -2.33. The molecule has 2 aliphatic rings. The molecule has 0 bridgehead atoms. The van der Waals surface area contributed by atoms with Crippen LogP contribution in [0.3, 0.4) is 0 Å². The van der Waals surface area contributed by atoms with Crippen LogP contribution in [-0.2, 0) is 6.42 Å². The fraction of sp³-hybridized carbons (Fsp3) is 0.357. The average molecular weight is 212 g/mol. The van der Waals surface area contributed by atoms with Gasteiger partial charge in [-0.2, -0.15) is 0 Å². The van der Waals surface area contributed by atoms with Gasteiger partial charge < -0.3 is 10.6 Å². The maximum atomic E-state index is 3.63. The first kappa shape index (κ1) is 9.76. The van der Waals surface area contributed by atoms with Crippen LogP contribution >= 0.6 is 0 Å². The molecule has 0 fully saturated rings. The molecule has 2 unspecified atom stereocenters. The van der Waals surface area contributed by atoms with Gasteiger partial charge in [-0.25, -0.2) is 0 Å². The fourth-order valence-electron chi connectivity index (χ4n) is 2.52. The second-order valence-electron chi connectivity index (χ2n) is 4.48. The van der Waals surface area contributed by atoms with Crippen LogP contribution in [0.2, 0.25) is 0 Å². The van der Waals surface area contributed by atoms with Crippen LogP contribution < -0.4 is 10.6 Å². The Morgan fingerprint density at radius 2 is 2.19 bits per heavy atom. The molecular weight excluding hydrogens is 196 g/mol.